The highest BCUT2D eigenvalue weighted by Crippen LogP contribution is 2.27. The number of aromatic nitrogens is 1. The van der Waals surface area contributed by atoms with Crippen LogP contribution in [0.25, 0.3) is 11.3 Å². The molecule has 22 heavy (non-hydrogen) atoms. The van der Waals surface area contributed by atoms with E-state index in [9.17, 15) is 4.79 Å². The molecular weight excluding hydrogens is 296 g/mol. The normalized spacial score (nSPS) is 17.9. The molecule has 1 aromatic carbocycles. The Morgan fingerprint density at radius 1 is 1.36 bits per heavy atom. The van der Waals surface area contributed by atoms with Crippen molar-refractivity contribution >= 4 is 22.4 Å². The Morgan fingerprint density at radius 3 is 2.77 bits per heavy atom. The molecule has 5 heteroatoms. The molecule has 1 atom stereocenters. The van der Waals surface area contributed by atoms with Gasteiger partial charge in [0.25, 0.3) is 5.91 Å². The minimum atomic E-state index is -0.322. The maximum absolute atomic E-state index is 12.0. The lowest BCUT2D eigenvalue weighted by Gasteiger charge is -2.07. The molecule has 1 aromatic heterocycles. The molecule has 1 amide bonds. The molecule has 2 aromatic rings. The molecule has 1 saturated heterocycles. The number of anilines is 1. The first-order valence-corrected chi connectivity index (χ1v) is 8.50. The van der Waals surface area contributed by atoms with Crippen molar-refractivity contribution in [3.8, 4) is 11.3 Å². The first-order valence-electron chi connectivity index (χ1n) is 7.62. The predicted molar refractivity (Wildman–Crippen MR) is 89.2 cm³/mol. The Labute approximate surface area is 134 Å². The van der Waals surface area contributed by atoms with Crippen molar-refractivity contribution in [3.63, 3.8) is 0 Å². The van der Waals surface area contributed by atoms with E-state index in [0.29, 0.717) is 17.7 Å². The van der Waals surface area contributed by atoms with Gasteiger partial charge in [0.15, 0.2) is 5.13 Å². The van der Waals surface area contributed by atoms with E-state index in [1.165, 1.54) is 16.9 Å². The predicted octanol–water partition coefficient (Wildman–Crippen LogP) is 4.05. The Hall–Kier alpha value is -1.72. The highest BCUT2D eigenvalue weighted by Gasteiger charge is 2.24. The second-order valence-corrected chi connectivity index (χ2v) is 6.66. The van der Waals surface area contributed by atoms with E-state index < -0.39 is 0 Å². The number of nitrogens with one attached hydrogen (secondary N) is 1. The molecule has 1 aliphatic rings. The zero-order valence-electron chi connectivity index (χ0n) is 12.8. The molecule has 0 aliphatic carbocycles. The van der Waals surface area contributed by atoms with E-state index >= 15 is 0 Å². The van der Waals surface area contributed by atoms with Gasteiger partial charge < -0.3 is 4.74 Å². The number of ether oxygens (including phenoxy) is 1. The van der Waals surface area contributed by atoms with Crippen molar-refractivity contribution in [2.45, 2.75) is 38.7 Å². The van der Waals surface area contributed by atoms with Gasteiger partial charge in [-0.15, -0.1) is 11.3 Å². The molecule has 4 nitrogen and oxygen atoms in total. The van der Waals surface area contributed by atoms with Gasteiger partial charge in [0.1, 0.15) is 6.10 Å². The monoisotopic (exact) mass is 316 g/mol. The summed E-state index contributed by atoms with van der Waals surface area (Å²) in [5.74, 6) is 0.430. The van der Waals surface area contributed by atoms with Gasteiger partial charge in [0.05, 0.1) is 5.69 Å². The summed E-state index contributed by atoms with van der Waals surface area (Å²) in [7, 11) is 0. The van der Waals surface area contributed by atoms with E-state index in [2.05, 4.69) is 48.4 Å². The highest BCUT2D eigenvalue weighted by molar-refractivity contribution is 7.14. The standard InChI is InChI=1S/C17H20N2O2S/c1-11(2)12-5-7-13(8-6-12)14-10-22-17(18-14)19-16(20)15-4-3-9-21-15/h5-8,10-11,15H,3-4,9H2,1-2H3,(H,18,19,20). The number of nitrogens with zero attached hydrogens (tertiary/aromatic N) is 1. The second kappa shape index (κ2) is 6.58. The fraction of sp³-hybridized carbons (Fsp3) is 0.412. The first-order chi connectivity index (χ1) is 10.6. The summed E-state index contributed by atoms with van der Waals surface area (Å²) in [6.45, 7) is 5.02. The third-order valence-electron chi connectivity index (χ3n) is 3.83. The number of thiazole rings is 1. The molecule has 0 spiro atoms. The van der Waals surface area contributed by atoms with Crippen molar-refractivity contribution in [3.05, 3.63) is 35.2 Å². The smallest absolute Gasteiger partial charge is 0.255 e. The van der Waals surface area contributed by atoms with E-state index in [-0.39, 0.29) is 12.0 Å². The molecule has 116 valence electrons. The topological polar surface area (TPSA) is 51.2 Å². The SMILES string of the molecule is CC(C)c1ccc(-c2csc(NC(=O)C3CCCO3)n2)cc1. The van der Waals surface area contributed by atoms with Crippen molar-refractivity contribution in [2.75, 3.05) is 11.9 Å². The zero-order chi connectivity index (χ0) is 15.5. The van der Waals surface area contributed by atoms with Crippen LogP contribution in [0.3, 0.4) is 0 Å². The van der Waals surface area contributed by atoms with E-state index in [0.717, 1.165) is 24.1 Å². The van der Waals surface area contributed by atoms with Crippen LogP contribution in [0.1, 0.15) is 38.2 Å². The lowest BCUT2D eigenvalue weighted by Crippen LogP contribution is -2.26. The Bertz CT molecular complexity index is 643. The summed E-state index contributed by atoms with van der Waals surface area (Å²) >= 11 is 1.44. The molecule has 1 fully saturated rings. The molecule has 0 radical (unpaired) electrons. The van der Waals surface area contributed by atoms with Crippen LogP contribution in [0.4, 0.5) is 5.13 Å². The van der Waals surface area contributed by atoms with Gasteiger partial charge in [-0.25, -0.2) is 4.98 Å². The van der Waals surface area contributed by atoms with Gasteiger partial charge in [0, 0.05) is 17.6 Å². The number of rotatable bonds is 4. The first kappa shape index (κ1) is 15.2. The number of hydrogen-bond acceptors (Lipinski definition) is 4. The summed E-state index contributed by atoms with van der Waals surface area (Å²) in [4.78, 5) is 16.5. The summed E-state index contributed by atoms with van der Waals surface area (Å²) in [5, 5.41) is 5.44. The summed E-state index contributed by atoms with van der Waals surface area (Å²) in [6.07, 6.45) is 1.42. The van der Waals surface area contributed by atoms with Crippen LogP contribution in [0, 0.1) is 0 Å². The molecule has 1 N–H and O–H groups in total. The van der Waals surface area contributed by atoms with Crippen LogP contribution in [0.5, 0.6) is 0 Å². The van der Waals surface area contributed by atoms with Gasteiger partial charge in [-0.3, -0.25) is 10.1 Å². The minimum Gasteiger partial charge on any atom is -0.368 e. The van der Waals surface area contributed by atoms with Crippen LogP contribution in [0.15, 0.2) is 29.6 Å². The van der Waals surface area contributed by atoms with Crippen LogP contribution < -0.4 is 5.32 Å². The number of carbonyl (C=O) groups is 1. The van der Waals surface area contributed by atoms with Crippen molar-refractivity contribution in [2.24, 2.45) is 0 Å². The Kier molecular flexibility index (Phi) is 4.55. The molecule has 3 rings (SSSR count). The third kappa shape index (κ3) is 3.36. The number of benzene rings is 1. The van der Waals surface area contributed by atoms with Crippen molar-refractivity contribution in [1.29, 1.82) is 0 Å². The number of carbonyl (C=O) groups excluding carboxylic acids is 1. The van der Waals surface area contributed by atoms with Crippen molar-refractivity contribution < 1.29 is 9.53 Å². The molecule has 1 aliphatic heterocycles. The Morgan fingerprint density at radius 2 is 2.14 bits per heavy atom. The molecule has 0 saturated carbocycles. The molecule has 2 heterocycles. The zero-order valence-corrected chi connectivity index (χ0v) is 13.7. The molecule has 0 bridgehead atoms. The maximum atomic E-state index is 12.0. The summed E-state index contributed by atoms with van der Waals surface area (Å²) in [5.41, 5.74) is 3.27. The quantitative estimate of drug-likeness (QED) is 0.925. The molecular formula is C17H20N2O2S. The lowest BCUT2D eigenvalue weighted by atomic mass is 10.0. The van der Waals surface area contributed by atoms with Gasteiger partial charge in [-0.05, 0) is 24.3 Å². The number of amides is 1. The van der Waals surface area contributed by atoms with Gasteiger partial charge in [-0.2, -0.15) is 0 Å². The average molecular weight is 316 g/mol. The highest BCUT2D eigenvalue weighted by atomic mass is 32.1. The number of hydrogen-bond donors (Lipinski definition) is 1. The average Bonchev–Trinajstić information content (AvgIpc) is 3.19. The van der Waals surface area contributed by atoms with Gasteiger partial charge in [-0.1, -0.05) is 38.1 Å². The van der Waals surface area contributed by atoms with Crippen LogP contribution in [-0.2, 0) is 9.53 Å². The fourth-order valence-electron chi connectivity index (χ4n) is 2.47. The fourth-order valence-corrected chi connectivity index (χ4v) is 3.20. The largest absolute Gasteiger partial charge is 0.368 e. The Balaban J connectivity index is 1.69. The lowest BCUT2D eigenvalue weighted by molar-refractivity contribution is -0.124. The van der Waals surface area contributed by atoms with Crippen LogP contribution in [0.2, 0.25) is 0 Å². The van der Waals surface area contributed by atoms with Gasteiger partial charge in [0.2, 0.25) is 0 Å². The minimum absolute atomic E-state index is 0.0893. The van der Waals surface area contributed by atoms with E-state index in [1.54, 1.807) is 0 Å². The summed E-state index contributed by atoms with van der Waals surface area (Å²) in [6, 6.07) is 8.42. The molecule has 1 unspecified atom stereocenters. The maximum Gasteiger partial charge on any atom is 0.255 e. The van der Waals surface area contributed by atoms with Crippen LogP contribution >= 0.6 is 11.3 Å². The third-order valence-corrected chi connectivity index (χ3v) is 4.59. The van der Waals surface area contributed by atoms with Gasteiger partial charge >= 0.3 is 0 Å². The van der Waals surface area contributed by atoms with E-state index in [4.69, 9.17) is 4.74 Å². The van der Waals surface area contributed by atoms with Crippen molar-refractivity contribution in [1.82, 2.24) is 4.98 Å². The second-order valence-electron chi connectivity index (χ2n) is 5.81. The summed E-state index contributed by atoms with van der Waals surface area (Å²) < 4.78 is 5.38. The van der Waals surface area contributed by atoms with Crippen LogP contribution in [-0.4, -0.2) is 23.6 Å². The van der Waals surface area contributed by atoms with E-state index in [1.807, 2.05) is 5.38 Å².